The normalized spacial score (nSPS) is 11.3. The first-order valence-corrected chi connectivity index (χ1v) is 9.53. The van der Waals surface area contributed by atoms with Crippen LogP contribution in [0.1, 0.15) is 11.5 Å². The summed E-state index contributed by atoms with van der Waals surface area (Å²) in [5, 5.41) is 5.21. The molecule has 0 amide bonds. The molecule has 0 unspecified atom stereocenters. The average molecular weight is 369 g/mol. The van der Waals surface area contributed by atoms with Gasteiger partial charge in [0.1, 0.15) is 10.6 Å². The summed E-state index contributed by atoms with van der Waals surface area (Å²) in [7, 11) is 1.75. The summed E-state index contributed by atoms with van der Waals surface area (Å²) in [6.07, 6.45) is 0. The van der Waals surface area contributed by atoms with Crippen LogP contribution in [-0.2, 0) is 12.8 Å². The summed E-state index contributed by atoms with van der Waals surface area (Å²) in [6, 6.07) is 13.9. The number of thiophene rings is 1. The second-order valence-corrected chi connectivity index (χ2v) is 7.65. The molecule has 0 saturated heterocycles. The summed E-state index contributed by atoms with van der Waals surface area (Å²) >= 11 is 3.01. The van der Waals surface area contributed by atoms with Gasteiger partial charge in [0.2, 0.25) is 0 Å². The van der Waals surface area contributed by atoms with Gasteiger partial charge in [0.15, 0.2) is 5.16 Å². The molecule has 126 valence electrons. The minimum atomic E-state index is -0.0281. The molecule has 0 aliphatic carbocycles. The number of benzene rings is 1. The van der Waals surface area contributed by atoms with E-state index < -0.39 is 0 Å². The predicted octanol–water partition coefficient (Wildman–Crippen LogP) is 4.25. The molecule has 0 fully saturated rings. The van der Waals surface area contributed by atoms with Crippen molar-refractivity contribution in [2.45, 2.75) is 17.8 Å². The van der Waals surface area contributed by atoms with E-state index in [1.807, 2.05) is 49.4 Å². The van der Waals surface area contributed by atoms with Crippen LogP contribution in [0.3, 0.4) is 0 Å². The molecule has 4 aromatic rings. The minimum absolute atomic E-state index is 0.0281. The van der Waals surface area contributed by atoms with E-state index in [9.17, 15) is 4.79 Å². The van der Waals surface area contributed by atoms with Gasteiger partial charge in [-0.3, -0.25) is 9.36 Å². The number of hydrogen-bond donors (Lipinski definition) is 0. The molecule has 4 rings (SSSR count). The molecular weight excluding hydrogens is 354 g/mol. The van der Waals surface area contributed by atoms with E-state index in [4.69, 9.17) is 4.52 Å². The second kappa shape index (κ2) is 6.50. The average Bonchev–Trinajstić information content (AvgIpc) is 3.24. The summed E-state index contributed by atoms with van der Waals surface area (Å²) in [5.74, 6) is 1.36. The molecule has 0 aliphatic heterocycles. The minimum Gasteiger partial charge on any atom is -0.360 e. The zero-order valence-corrected chi connectivity index (χ0v) is 15.4. The Kier molecular flexibility index (Phi) is 4.19. The molecule has 0 aliphatic rings. The zero-order chi connectivity index (χ0) is 17.4. The fourth-order valence-electron chi connectivity index (χ4n) is 2.54. The van der Waals surface area contributed by atoms with Crippen LogP contribution in [0.5, 0.6) is 0 Å². The maximum atomic E-state index is 12.7. The first kappa shape index (κ1) is 16.1. The summed E-state index contributed by atoms with van der Waals surface area (Å²) in [5.41, 5.74) is 1.91. The Morgan fingerprint density at radius 1 is 1.24 bits per heavy atom. The number of hydrogen-bond acceptors (Lipinski definition) is 6. The Hall–Kier alpha value is -2.38. The Bertz CT molecular complexity index is 1100. The van der Waals surface area contributed by atoms with Gasteiger partial charge in [0, 0.05) is 18.0 Å². The lowest BCUT2D eigenvalue weighted by molar-refractivity contribution is 0.391. The van der Waals surface area contributed by atoms with Crippen LogP contribution in [0.4, 0.5) is 0 Å². The van der Waals surface area contributed by atoms with Crippen molar-refractivity contribution in [1.82, 2.24) is 14.7 Å². The van der Waals surface area contributed by atoms with Crippen molar-refractivity contribution in [2.75, 3.05) is 0 Å². The summed E-state index contributed by atoms with van der Waals surface area (Å²) in [6.45, 7) is 1.88. The topological polar surface area (TPSA) is 60.9 Å². The third kappa shape index (κ3) is 3.12. The van der Waals surface area contributed by atoms with Gasteiger partial charge in [0.25, 0.3) is 5.56 Å². The number of fused-ring (bicyclic) bond motifs is 1. The highest BCUT2D eigenvalue weighted by Gasteiger charge is 2.14. The van der Waals surface area contributed by atoms with Crippen molar-refractivity contribution in [3.8, 4) is 10.4 Å². The largest absolute Gasteiger partial charge is 0.360 e. The van der Waals surface area contributed by atoms with Crippen LogP contribution in [0.2, 0.25) is 0 Å². The standard InChI is InChI=1S/C18H15N3O2S2/c1-11-8-13(23-20-11)10-24-18-19-16-14(17(22)21(18)2)9-15(25-16)12-6-4-3-5-7-12/h3-9H,10H2,1-2H3. The van der Waals surface area contributed by atoms with E-state index in [1.54, 1.807) is 11.6 Å². The van der Waals surface area contributed by atoms with Gasteiger partial charge in [-0.15, -0.1) is 11.3 Å². The highest BCUT2D eigenvalue weighted by atomic mass is 32.2. The van der Waals surface area contributed by atoms with Gasteiger partial charge in [-0.25, -0.2) is 4.98 Å². The second-order valence-electron chi connectivity index (χ2n) is 5.68. The lowest BCUT2D eigenvalue weighted by Crippen LogP contribution is -2.19. The number of rotatable bonds is 4. The molecule has 1 aromatic carbocycles. The third-order valence-electron chi connectivity index (χ3n) is 3.81. The highest BCUT2D eigenvalue weighted by molar-refractivity contribution is 7.98. The van der Waals surface area contributed by atoms with E-state index in [2.05, 4.69) is 10.1 Å². The fraction of sp³-hybridized carbons (Fsp3) is 0.167. The van der Waals surface area contributed by atoms with E-state index in [0.29, 0.717) is 16.3 Å². The molecule has 7 heteroatoms. The molecule has 3 heterocycles. The van der Waals surface area contributed by atoms with Crippen LogP contribution >= 0.6 is 23.1 Å². The number of nitrogens with zero attached hydrogens (tertiary/aromatic N) is 3. The molecule has 0 atom stereocenters. The molecule has 0 N–H and O–H groups in total. The van der Waals surface area contributed by atoms with Crippen molar-refractivity contribution < 1.29 is 4.52 Å². The monoisotopic (exact) mass is 369 g/mol. The number of aromatic nitrogens is 3. The van der Waals surface area contributed by atoms with E-state index in [0.717, 1.165) is 26.7 Å². The van der Waals surface area contributed by atoms with Gasteiger partial charge >= 0.3 is 0 Å². The molecule has 3 aromatic heterocycles. The van der Waals surface area contributed by atoms with Crippen LogP contribution in [0, 0.1) is 6.92 Å². The van der Waals surface area contributed by atoms with Crippen molar-refractivity contribution in [3.63, 3.8) is 0 Å². The number of aryl methyl sites for hydroxylation is 1. The Morgan fingerprint density at radius 3 is 2.76 bits per heavy atom. The smallest absolute Gasteiger partial charge is 0.262 e. The molecule has 0 bridgehead atoms. The lowest BCUT2D eigenvalue weighted by Gasteiger charge is -2.05. The van der Waals surface area contributed by atoms with Crippen LogP contribution in [-0.4, -0.2) is 14.7 Å². The van der Waals surface area contributed by atoms with Crippen molar-refractivity contribution in [1.29, 1.82) is 0 Å². The molecule has 0 saturated carbocycles. The lowest BCUT2D eigenvalue weighted by atomic mass is 10.2. The van der Waals surface area contributed by atoms with Gasteiger partial charge in [-0.2, -0.15) is 0 Å². The summed E-state index contributed by atoms with van der Waals surface area (Å²) in [4.78, 5) is 19.2. The Morgan fingerprint density at radius 2 is 2.04 bits per heavy atom. The maximum absolute atomic E-state index is 12.7. The van der Waals surface area contributed by atoms with E-state index in [1.165, 1.54) is 23.1 Å². The fourth-order valence-corrected chi connectivity index (χ4v) is 4.47. The Labute approximate surface area is 152 Å². The first-order chi connectivity index (χ1) is 12.1. The summed E-state index contributed by atoms with van der Waals surface area (Å²) < 4.78 is 6.82. The SMILES string of the molecule is Cc1cc(CSc2nc3sc(-c4ccccc4)cc3c(=O)n2C)on1. The molecular formula is C18H15N3O2S2. The van der Waals surface area contributed by atoms with Gasteiger partial charge in [0.05, 0.1) is 16.8 Å². The zero-order valence-electron chi connectivity index (χ0n) is 13.7. The highest BCUT2D eigenvalue weighted by Crippen LogP contribution is 2.32. The van der Waals surface area contributed by atoms with Crippen LogP contribution < -0.4 is 5.56 Å². The van der Waals surface area contributed by atoms with Crippen molar-refractivity contribution >= 4 is 33.3 Å². The molecule has 25 heavy (non-hydrogen) atoms. The molecule has 0 spiro atoms. The van der Waals surface area contributed by atoms with Gasteiger partial charge < -0.3 is 4.52 Å². The van der Waals surface area contributed by atoms with Gasteiger partial charge in [-0.1, -0.05) is 47.3 Å². The van der Waals surface area contributed by atoms with Gasteiger partial charge in [-0.05, 0) is 18.6 Å². The molecule has 5 nitrogen and oxygen atoms in total. The predicted molar refractivity (Wildman–Crippen MR) is 101 cm³/mol. The number of thioether (sulfide) groups is 1. The molecule has 0 radical (unpaired) electrons. The van der Waals surface area contributed by atoms with Crippen LogP contribution in [0.15, 0.2) is 56.9 Å². The van der Waals surface area contributed by atoms with E-state index in [-0.39, 0.29) is 5.56 Å². The first-order valence-electron chi connectivity index (χ1n) is 7.73. The van der Waals surface area contributed by atoms with Crippen molar-refractivity contribution in [3.05, 3.63) is 64.3 Å². The third-order valence-corrected chi connectivity index (χ3v) is 5.94. The Balaban J connectivity index is 1.71. The van der Waals surface area contributed by atoms with E-state index >= 15 is 0 Å². The van der Waals surface area contributed by atoms with Crippen LogP contribution in [0.25, 0.3) is 20.7 Å². The maximum Gasteiger partial charge on any atom is 0.262 e. The van der Waals surface area contributed by atoms with Crippen molar-refractivity contribution in [2.24, 2.45) is 7.05 Å². The quantitative estimate of drug-likeness (QED) is 0.397.